The average molecular weight is 244 g/mol. The van der Waals surface area contributed by atoms with Crippen LogP contribution in [0.4, 0.5) is 5.69 Å². The fourth-order valence-electron chi connectivity index (χ4n) is 2.80. The van der Waals surface area contributed by atoms with E-state index in [1.54, 1.807) is 0 Å². The van der Waals surface area contributed by atoms with E-state index in [9.17, 15) is 0 Å². The van der Waals surface area contributed by atoms with Crippen LogP contribution >= 0.6 is 0 Å². The van der Waals surface area contributed by atoms with Crippen molar-refractivity contribution in [3.05, 3.63) is 30.2 Å². The minimum absolute atomic E-state index is 0.640. The van der Waals surface area contributed by atoms with Crippen LogP contribution in [-0.2, 0) is 6.42 Å². The summed E-state index contributed by atoms with van der Waals surface area (Å²) < 4.78 is 2.02. The summed E-state index contributed by atoms with van der Waals surface area (Å²) in [5, 5.41) is 0. The zero-order valence-corrected chi connectivity index (χ0v) is 10.8. The van der Waals surface area contributed by atoms with Crippen molar-refractivity contribution in [2.45, 2.75) is 31.7 Å². The molecule has 0 radical (unpaired) electrons. The van der Waals surface area contributed by atoms with Gasteiger partial charge in [0, 0.05) is 30.5 Å². The summed E-state index contributed by atoms with van der Waals surface area (Å²) in [5.74, 6) is 0. The molecule has 2 N–H and O–H groups in total. The number of nitrogens with zero attached hydrogens (tertiary/aromatic N) is 3. The standard InChI is InChI=1S/C14H20N4/c1-17-7-3-2-4-13(17)8-12-10-18-9-11(15)5-6-14(18)16-12/h5-6,9-10,13H,2-4,7-8,15H2,1H3. The molecule has 96 valence electrons. The number of piperidine rings is 1. The Morgan fingerprint density at radius 2 is 2.22 bits per heavy atom. The number of likely N-dealkylation sites (N-methyl/N-ethyl adjacent to an activating group) is 1. The van der Waals surface area contributed by atoms with Gasteiger partial charge in [-0.3, -0.25) is 0 Å². The summed E-state index contributed by atoms with van der Waals surface area (Å²) in [6.07, 6.45) is 9.03. The molecule has 2 aromatic heterocycles. The van der Waals surface area contributed by atoms with E-state index in [2.05, 4.69) is 23.1 Å². The predicted octanol–water partition coefficient (Wildman–Crippen LogP) is 1.94. The summed E-state index contributed by atoms with van der Waals surface area (Å²) >= 11 is 0. The Morgan fingerprint density at radius 3 is 3.06 bits per heavy atom. The van der Waals surface area contributed by atoms with Crippen molar-refractivity contribution in [3.63, 3.8) is 0 Å². The van der Waals surface area contributed by atoms with Gasteiger partial charge in [-0.25, -0.2) is 4.98 Å². The maximum Gasteiger partial charge on any atom is 0.137 e. The molecule has 3 heterocycles. The van der Waals surface area contributed by atoms with Crippen LogP contribution in [0.5, 0.6) is 0 Å². The molecule has 18 heavy (non-hydrogen) atoms. The van der Waals surface area contributed by atoms with Gasteiger partial charge in [0.2, 0.25) is 0 Å². The van der Waals surface area contributed by atoms with Crippen molar-refractivity contribution in [2.75, 3.05) is 19.3 Å². The number of likely N-dealkylation sites (tertiary alicyclic amines) is 1. The first-order valence-electron chi connectivity index (χ1n) is 6.66. The molecular weight excluding hydrogens is 224 g/mol. The normalized spacial score (nSPS) is 21.5. The van der Waals surface area contributed by atoms with Gasteiger partial charge in [0.25, 0.3) is 0 Å². The molecule has 1 atom stereocenters. The SMILES string of the molecule is CN1CCCCC1Cc1cn2cc(N)ccc2n1. The molecule has 1 unspecified atom stereocenters. The molecule has 0 aliphatic carbocycles. The predicted molar refractivity (Wildman–Crippen MR) is 73.6 cm³/mol. The zero-order chi connectivity index (χ0) is 12.5. The number of fused-ring (bicyclic) bond motifs is 1. The lowest BCUT2D eigenvalue weighted by atomic mass is 9.99. The number of nitrogen functional groups attached to an aromatic ring is 1. The Bertz CT molecular complexity index is 546. The van der Waals surface area contributed by atoms with Crippen LogP contribution in [-0.4, -0.2) is 33.9 Å². The number of imidazole rings is 1. The number of anilines is 1. The fourth-order valence-corrected chi connectivity index (χ4v) is 2.80. The van der Waals surface area contributed by atoms with Crippen molar-refractivity contribution in [1.82, 2.24) is 14.3 Å². The van der Waals surface area contributed by atoms with E-state index in [-0.39, 0.29) is 0 Å². The number of pyridine rings is 1. The number of hydrogen-bond acceptors (Lipinski definition) is 3. The van der Waals surface area contributed by atoms with E-state index in [0.29, 0.717) is 6.04 Å². The highest BCUT2D eigenvalue weighted by molar-refractivity contribution is 5.48. The second kappa shape index (κ2) is 4.61. The maximum absolute atomic E-state index is 5.78. The Kier molecular flexibility index (Phi) is 2.96. The van der Waals surface area contributed by atoms with Gasteiger partial charge < -0.3 is 15.0 Å². The van der Waals surface area contributed by atoms with Crippen LogP contribution in [0.1, 0.15) is 25.0 Å². The third kappa shape index (κ3) is 2.20. The first kappa shape index (κ1) is 11.5. The summed E-state index contributed by atoms with van der Waals surface area (Å²) in [5.41, 5.74) is 8.71. The average Bonchev–Trinajstić information content (AvgIpc) is 2.73. The van der Waals surface area contributed by atoms with Gasteiger partial charge in [0.15, 0.2) is 0 Å². The Morgan fingerprint density at radius 1 is 1.33 bits per heavy atom. The Labute approximate surface area is 107 Å². The lowest BCUT2D eigenvalue weighted by Crippen LogP contribution is -2.37. The van der Waals surface area contributed by atoms with Crippen LogP contribution in [0.3, 0.4) is 0 Å². The molecule has 2 aromatic rings. The molecule has 0 aromatic carbocycles. The number of nitrogens with two attached hydrogens (primary N) is 1. The van der Waals surface area contributed by atoms with Crippen LogP contribution in [0.15, 0.2) is 24.5 Å². The smallest absolute Gasteiger partial charge is 0.137 e. The van der Waals surface area contributed by atoms with Crippen LogP contribution in [0.2, 0.25) is 0 Å². The van der Waals surface area contributed by atoms with Crippen molar-refractivity contribution >= 4 is 11.3 Å². The van der Waals surface area contributed by atoms with Gasteiger partial charge >= 0.3 is 0 Å². The first-order chi connectivity index (χ1) is 8.72. The van der Waals surface area contributed by atoms with E-state index >= 15 is 0 Å². The van der Waals surface area contributed by atoms with E-state index in [1.165, 1.54) is 31.5 Å². The molecule has 1 aliphatic rings. The van der Waals surface area contributed by atoms with Gasteiger partial charge in [-0.2, -0.15) is 0 Å². The van der Waals surface area contributed by atoms with Crippen molar-refractivity contribution in [2.24, 2.45) is 0 Å². The molecule has 0 bridgehead atoms. The van der Waals surface area contributed by atoms with Gasteiger partial charge in [0.05, 0.1) is 5.69 Å². The zero-order valence-electron chi connectivity index (χ0n) is 10.8. The molecule has 4 nitrogen and oxygen atoms in total. The van der Waals surface area contributed by atoms with Crippen molar-refractivity contribution in [3.8, 4) is 0 Å². The minimum Gasteiger partial charge on any atom is -0.398 e. The summed E-state index contributed by atoms with van der Waals surface area (Å²) in [6.45, 7) is 1.21. The van der Waals surface area contributed by atoms with E-state index in [0.717, 1.165) is 17.8 Å². The molecule has 0 amide bonds. The van der Waals surface area contributed by atoms with Crippen molar-refractivity contribution < 1.29 is 0 Å². The van der Waals surface area contributed by atoms with Gasteiger partial charge in [0.1, 0.15) is 5.65 Å². The molecule has 1 saturated heterocycles. The Balaban J connectivity index is 1.81. The summed E-state index contributed by atoms with van der Waals surface area (Å²) in [4.78, 5) is 7.12. The van der Waals surface area contributed by atoms with Crippen LogP contribution in [0.25, 0.3) is 5.65 Å². The Hall–Kier alpha value is -1.55. The molecular formula is C14H20N4. The molecule has 0 spiro atoms. The molecule has 0 saturated carbocycles. The van der Waals surface area contributed by atoms with E-state index in [4.69, 9.17) is 5.73 Å². The second-order valence-electron chi connectivity index (χ2n) is 5.29. The number of aromatic nitrogens is 2. The highest BCUT2D eigenvalue weighted by atomic mass is 15.1. The third-order valence-corrected chi connectivity index (χ3v) is 3.89. The van der Waals surface area contributed by atoms with Gasteiger partial charge in [-0.15, -0.1) is 0 Å². The van der Waals surface area contributed by atoms with E-state index in [1.807, 2.05) is 22.7 Å². The molecule has 4 heteroatoms. The number of rotatable bonds is 2. The quantitative estimate of drug-likeness (QED) is 0.878. The third-order valence-electron chi connectivity index (χ3n) is 3.89. The largest absolute Gasteiger partial charge is 0.398 e. The molecule has 1 fully saturated rings. The lowest BCUT2D eigenvalue weighted by molar-refractivity contribution is 0.184. The second-order valence-corrected chi connectivity index (χ2v) is 5.29. The van der Waals surface area contributed by atoms with Crippen LogP contribution in [0, 0.1) is 0 Å². The van der Waals surface area contributed by atoms with Gasteiger partial charge in [-0.05, 0) is 38.6 Å². The number of hydrogen-bond donors (Lipinski definition) is 1. The van der Waals surface area contributed by atoms with Crippen LogP contribution < -0.4 is 5.73 Å². The highest BCUT2D eigenvalue weighted by Crippen LogP contribution is 2.19. The monoisotopic (exact) mass is 244 g/mol. The van der Waals surface area contributed by atoms with E-state index < -0.39 is 0 Å². The minimum atomic E-state index is 0.640. The topological polar surface area (TPSA) is 46.6 Å². The summed E-state index contributed by atoms with van der Waals surface area (Å²) in [7, 11) is 2.22. The fraction of sp³-hybridized carbons (Fsp3) is 0.500. The molecule has 3 rings (SSSR count). The van der Waals surface area contributed by atoms with Gasteiger partial charge in [-0.1, -0.05) is 6.42 Å². The summed E-state index contributed by atoms with van der Waals surface area (Å²) in [6, 6.07) is 4.52. The molecule has 1 aliphatic heterocycles. The maximum atomic E-state index is 5.78. The first-order valence-corrected chi connectivity index (χ1v) is 6.66. The lowest BCUT2D eigenvalue weighted by Gasteiger charge is -2.31. The highest BCUT2D eigenvalue weighted by Gasteiger charge is 2.20. The van der Waals surface area contributed by atoms with Crippen molar-refractivity contribution in [1.29, 1.82) is 0 Å².